The Morgan fingerprint density at radius 2 is 2.05 bits per heavy atom. The molecular weight excluding hydrogens is 272 g/mol. The Hall–Kier alpha value is -1.87. The molecule has 0 aromatic heterocycles. The zero-order valence-corrected chi connectivity index (χ0v) is 13.2. The zero-order chi connectivity index (χ0) is 15.4. The Bertz CT molecular complexity index is 647. The molecule has 0 aliphatic carbocycles. The molecule has 1 aliphatic rings. The van der Waals surface area contributed by atoms with E-state index >= 15 is 0 Å². The first-order valence-electron chi connectivity index (χ1n) is 8.30. The van der Waals surface area contributed by atoms with E-state index in [4.69, 9.17) is 0 Å². The molecule has 3 rings (SSSR count). The minimum Gasteiger partial charge on any atom is -0.336 e. The highest BCUT2D eigenvalue weighted by atomic mass is 16.2. The monoisotopic (exact) mass is 296 g/mol. The number of carbonyl (C=O) groups is 1. The molecule has 1 heterocycles. The van der Waals surface area contributed by atoms with Gasteiger partial charge in [0, 0.05) is 31.2 Å². The summed E-state index contributed by atoms with van der Waals surface area (Å²) >= 11 is 0. The van der Waals surface area contributed by atoms with Gasteiger partial charge in [-0.15, -0.1) is 0 Å². The summed E-state index contributed by atoms with van der Waals surface area (Å²) in [6.45, 7) is 4.72. The molecule has 1 amide bonds. The number of nitrogens with zero attached hydrogens (tertiary/aromatic N) is 1. The van der Waals surface area contributed by atoms with Crippen LogP contribution >= 0.6 is 0 Å². The van der Waals surface area contributed by atoms with Crippen LogP contribution in [0.5, 0.6) is 0 Å². The lowest BCUT2D eigenvalue weighted by Crippen LogP contribution is -2.52. The Morgan fingerprint density at radius 1 is 1.23 bits per heavy atom. The van der Waals surface area contributed by atoms with E-state index in [2.05, 4.69) is 24.4 Å². The summed E-state index contributed by atoms with van der Waals surface area (Å²) in [7, 11) is 0. The van der Waals surface area contributed by atoms with Gasteiger partial charge in [-0.1, -0.05) is 56.2 Å². The number of rotatable bonds is 4. The van der Waals surface area contributed by atoms with E-state index in [9.17, 15) is 4.79 Å². The maximum Gasteiger partial charge on any atom is 0.254 e. The molecule has 0 bridgehead atoms. The van der Waals surface area contributed by atoms with Gasteiger partial charge in [-0.2, -0.15) is 0 Å². The van der Waals surface area contributed by atoms with Crippen LogP contribution in [0.15, 0.2) is 42.5 Å². The predicted octanol–water partition coefficient (Wildman–Crippen LogP) is 3.44. The topological polar surface area (TPSA) is 32.3 Å². The normalized spacial score (nSPS) is 18.6. The highest BCUT2D eigenvalue weighted by Crippen LogP contribution is 2.21. The van der Waals surface area contributed by atoms with Gasteiger partial charge in [0.2, 0.25) is 0 Å². The van der Waals surface area contributed by atoms with Crippen LogP contribution in [0.4, 0.5) is 0 Å². The van der Waals surface area contributed by atoms with Gasteiger partial charge < -0.3 is 10.2 Å². The van der Waals surface area contributed by atoms with Crippen molar-refractivity contribution in [3.63, 3.8) is 0 Å². The molecule has 0 unspecified atom stereocenters. The van der Waals surface area contributed by atoms with E-state index in [0.29, 0.717) is 6.04 Å². The van der Waals surface area contributed by atoms with E-state index in [1.165, 1.54) is 12.8 Å². The van der Waals surface area contributed by atoms with Crippen molar-refractivity contribution in [2.24, 2.45) is 0 Å². The molecule has 3 heteroatoms. The average Bonchev–Trinajstić information content (AvgIpc) is 2.59. The van der Waals surface area contributed by atoms with Crippen molar-refractivity contribution in [1.29, 1.82) is 0 Å². The molecule has 3 nitrogen and oxygen atoms in total. The molecule has 2 aromatic carbocycles. The van der Waals surface area contributed by atoms with E-state index in [1.54, 1.807) is 0 Å². The minimum atomic E-state index is 0.166. The fraction of sp³-hybridized carbons (Fsp3) is 0.421. The lowest BCUT2D eigenvalue weighted by Gasteiger charge is -2.34. The Morgan fingerprint density at radius 3 is 2.91 bits per heavy atom. The largest absolute Gasteiger partial charge is 0.336 e. The number of amides is 1. The third-order valence-corrected chi connectivity index (χ3v) is 4.47. The number of carbonyl (C=O) groups excluding carboxylic acids is 1. The average molecular weight is 296 g/mol. The van der Waals surface area contributed by atoms with Gasteiger partial charge >= 0.3 is 0 Å². The van der Waals surface area contributed by atoms with E-state index < -0.39 is 0 Å². The molecule has 0 saturated carbocycles. The number of hydrogen-bond donors (Lipinski definition) is 1. The summed E-state index contributed by atoms with van der Waals surface area (Å²) in [4.78, 5) is 14.9. The summed E-state index contributed by atoms with van der Waals surface area (Å²) in [5, 5.41) is 5.72. The van der Waals surface area contributed by atoms with Crippen LogP contribution in [-0.4, -0.2) is 36.5 Å². The number of fused-ring (bicyclic) bond motifs is 1. The quantitative estimate of drug-likeness (QED) is 0.937. The van der Waals surface area contributed by atoms with Crippen molar-refractivity contribution < 1.29 is 4.79 Å². The van der Waals surface area contributed by atoms with E-state index in [0.717, 1.165) is 42.4 Å². The second-order valence-electron chi connectivity index (χ2n) is 6.07. The number of nitrogens with one attached hydrogen (secondary N) is 1. The highest BCUT2D eigenvalue weighted by molar-refractivity contribution is 6.07. The first kappa shape index (κ1) is 15.0. The Labute approximate surface area is 132 Å². The van der Waals surface area contributed by atoms with Gasteiger partial charge in [0.25, 0.3) is 5.91 Å². The van der Waals surface area contributed by atoms with E-state index in [-0.39, 0.29) is 5.91 Å². The molecular formula is C19H24N2O. The van der Waals surface area contributed by atoms with Crippen LogP contribution in [-0.2, 0) is 0 Å². The lowest BCUT2D eigenvalue weighted by molar-refractivity contribution is 0.0701. The highest BCUT2D eigenvalue weighted by Gasteiger charge is 2.24. The molecule has 22 heavy (non-hydrogen) atoms. The second kappa shape index (κ2) is 6.93. The fourth-order valence-corrected chi connectivity index (χ4v) is 3.24. The smallest absolute Gasteiger partial charge is 0.254 e. The van der Waals surface area contributed by atoms with Crippen LogP contribution in [0.25, 0.3) is 10.8 Å². The van der Waals surface area contributed by atoms with Crippen molar-refractivity contribution in [3.8, 4) is 0 Å². The summed E-state index contributed by atoms with van der Waals surface area (Å²) in [6, 6.07) is 14.6. The van der Waals surface area contributed by atoms with Crippen LogP contribution in [0.3, 0.4) is 0 Å². The number of unbranched alkanes of at least 4 members (excludes halogenated alkanes) is 1. The van der Waals surface area contributed by atoms with Gasteiger partial charge in [-0.3, -0.25) is 4.79 Å². The SMILES string of the molecule is CCCC[C@H]1CN(C(=O)c2cccc3ccccc23)CCN1. The van der Waals surface area contributed by atoms with Gasteiger partial charge in [-0.25, -0.2) is 0 Å². The van der Waals surface area contributed by atoms with Crippen molar-refractivity contribution in [3.05, 3.63) is 48.0 Å². The van der Waals surface area contributed by atoms with Crippen LogP contribution < -0.4 is 5.32 Å². The van der Waals surface area contributed by atoms with Gasteiger partial charge in [0.1, 0.15) is 0 Å². The van der Waals surface area contributed by atoms with Crippen LogP contribution in [0.2, 0.25) is 0 Å². The van der Waals surface area contributed by atoms with Crippen molar-refractivity contribution in [2.75, 3.05) is 19.6 Å². The third kappa shape index (κ3) is 3.14. The molecule has 116 valence electrons. The summed E-state index contributed by atoms with van der Waals surface area (Å²) in [6.07, 6.45) is 3.57. The van der Waals surface area contributed by atoms with Crippen molar-refractivity contribution in [2.45, 2.75) is 32.2 Å². The maximum atomic E-state index is 12.9. The van der Waals surface area contributed by atoms with Gasteiger partial charge in [0.15, 0.2) is 0 Å². The predicted molar refractivity (Wildman–Crippen MR) is 91.2 cm³/mol. The second-order valence-corrected chi connectivity index (χ2v) is 6.07. The molecule has 1 saturated heterocycles. The zero-order valence-electron chi connectivity index (χ0n) is 13.2. The van der Waals surface area contributed by atoms with Crippen molar-refractivity contribution in [1.82, 2.24) is 10.2 Å². The molecule has 1 aliphatic heterocycles. The third-order valence-electron chi connectivity index (χ3n) is 4.47. The standard InChI is InChI=1S/C19H24N2O/c1-2-3-9-16-14-21(13-12-20-16)19(22)18-11-6-8-15-7-4-5-10-17(15)18/h4-8,10-11,16,20H,2-3,9,12-14H2,1H3/t16-/m0/s1. The molecule has 2 aromatic rings. The Kier molecular flexibility index (Phi) is 4.74. The first-order chi connectivity index (χ1) is 10.8. The number of piperazine rings is 1. The molecule has 0 radical (unpaired) electrons. The molecule has 1 atom stereocenters. The van der Waals surface area contributed by atoms with Gasteiger partial charge in [0.05, 0.1) is 0 Å². The molecule has 0 spiro atoms. The maximum absolute atomic E-state index is 12.9. The van der Waals surface area contributed by atoms with Gasteiger partial charge in [-0.05, 0) is 23.3 Å². The minimum absolute atomic E-state index is 0.166. The molecule has 1 fully saturated rings. The number of benzene rings is 2. The summed E-state index contributed by atoms with van der Waals surface area (Å²) < 4.78 is 0. The number of hydrogen-bond acceptors (Lipinski definition) is 2. The van der Waals surface area contributed by atoms with E-state index in [1.807, 2.05) is 35.2 Å². The first-order valence-corrected chi connectivity index (χ1v) is 8.30. The van der Waals surface area contributed by atoms with Crippen molar-refractivity contribution >= 4 is 16.7 Å². The Balaban J connectivity index is 1.80. The lowest BCUT2D eigenvalue weighted by atomic mass is 10.0. The fourth-order valence-electron chi connectivity index (χ4n) is 3.24. The molecule has 1 N–H and O–H groups in total. The van der Waals surface area contributed by atoms with Crippen LogP contribution in [0.1, 0.15) is 36.5 Å². The van der Waals surface area contributed by atoms with Crippen LogP contribution in [0, 0.1) is 0 Å². The summed E-state index contributed by atoms with van der Waals surface area (Å²) in [5.74, 6) is 0.166. The summed E-state index contributed by atoms with van der Waals surface area (Å²) in [5.41, 5.74) is 0.828.